The number of halogens is 1. The number of nitrogens with zero attached hydrogens (tertiary/aromatic N) is 5. The third-order valence-electron chi connectivity index (χ3n) is 6.72. The quantitative estimate of drug-likeness (QED) is 0.353. The molecule has 0 radical (unpaired) electrons. The molecule has 2 aromatic carbocycles. The minimum Gasteiger partial charge on any atom is -0.354 e. The van der Waals surface area contributed by atoms with Crippen LogP contribution in [0.25, 0.3) is 22.1 Å². The zero-order chi connectivity index (χ0) is 25.1. The van der Waals surface area contributed by atoms with Gasteiger partial charge in [0.05, 0.1) is 17.3 Å². The van der Waals surface area contributed by atoms with Crippen LogP contribution in [-0.4, -0.2) is 62.0 Å². The van der Waals surface area contributed by atoms with Crippen LogP contribution in [0.5, 0.6) is 0 Å². The summed E-state index contributed by atoms with van der Waals surface area (Å²) in [5.41, 5.74) is 3.90. The maximum Gasteiger partial charge on any atom is 0.233 e. The molecule has 0 spiro atoms. The maximum atomic E-state index is 14.5. The Hall–Kier alpha value is -3.04. The fraction of sp³-hybridized carbons (Fsp3) is 0.407. The lowest BCUT2D eigenvalue weighted by atomic mass is 10.1. The summed E-state index contributed by atoms with van der Waals surface area (Å²) in [5, 5.41) is 12.8. The Morgan fingerprint density at radius 2 is 1.94 bits per heavy atom. The van der Waals surface area contributed by atoms with Crippen molar-refractivity contribution in [2.75, 3.05) is 26.2 Å². The van der Waals surface area contributed by atoms with Gasteiger partial charge in [-0.05, 0) is 58.0 Å². The van der Waals surface area contributed by atoms with E-state index in [0.29, 0.717) is 35.0 Å². The number of rotatable bonds is 8. The van der Waals surface area contributed by atoms with E-state index >= 15 is 0 Å². The summed E-state index contributed by atoms with van der Waals surface area (Å²) >= 11 is 1.29. The second-order valence-electron chi connectivity index (χ2n) is 9.42. The smallest absolute Gasteiger partial charge is 0.233 e. The van der Waals surface area contributed by atoms with Gasteiger partial charge >= 0.3 is 0 Å². The van der Waals surface area contributed by atoms with Crippen molar-refractivity contribution in [3.05, 3.63) is 59.4 Å². The van der Waals surface area contributed by atoms with E-state index in [1.54, 1.807) is 12.1 Å². The first-order chi connectivity index (χ1) is 17.5. The van der Waals surface area contributed by atoms with Crippen molar-refractivity contribution in [1.82, 2.24) is 30.0 Å². The van der Waals surface area contributed by atoms with E-state index in [1.807, 2.05) is 36.6 Å². The zero-order valence-corrected chi connectivity index (χ0v) is 21.5. The van der Waals surface area contributed by atoms with Crippen LogP contribution in [0.1, 0.15) is 37.3 Å². The van der Waals surface area contributed by atoms with Crippen LogP contribution >= 0.6 is 11.8 Å². The summed E-state index contributed by atoms with van der Waals surface area (Å²) in [4.78, 5) is 19.9. The Morgan fingerprint density at radius 3 is 2.75 bits per heavy atom. The largest absolute Gasteiger partial charge is 0.354 e. The van der Waals surface area contributed by atoms with Crippen molar-refractivity contribution in [2.45, 2.75) is 50.1 Å². The highest BCUT2D eigenvalue weighted by molar-refractivity contribution is 8.00. The van der Waals surface area contributed by atoms with E-state index in [-0.39, 0.29) is 17.0 Å². The summed E-state index contributed by atoms with van der Waals surface area (Å²) in [6.45, 7) is 7.94. The number of hydrogen-bond donors (Lipinski definition) is 1. The highest BCUT2D eigenvalue weighted by Crippen LogP contribution is 2.30. The molecule has 9 heteroatoms. The van der Waals surface area contributed by atoms with E-state index in [1.165, 1.54) is 37.1 Å². The van der Waals surface area contributed by atoms with Gasteiger partial charge in [0.15, 0.2) is 5.65 Å². The second kappa shape index (κ2) is 10.9. The first-order valence-corrected chi connectivity index (χ1v) is 13.4. The molecule has 0 aliphatic carbocycles. The summed E-state index contributed by atoms with van der Waals surface area (Å²) < 4.78 is 16.5. The Kier molecular flexibility index (Phi) is 7.48. The van der Waals surface area contributed by atoms with Crippen LogP contribution in [0, 0.1) is 12.7 Å². The molecule has 36 heavy (non-hydrogen) atoms. The van der Waals surface area contributed by atoms with Crippen LogP contribution in [0.3, 0.4) is 0 Å². The van der Waals surface area contributed by atoms with Gasteiger partial charge in [-0.1, -0.05) is 48.0 Å². The molecule has 1 aliphatic rings. The number of fused-ring (bicyclic) bond motifs is 3. The van der Waals surface area contributed by atoms with E-state index in [4.69, 9.17) is 4.98 Å². The van der Waals surface area contributed by atoms with Gasteiger partial charge in [-0.25, -0.2) is 9.37 Å². The fourth-order valence-electron chi connectivity index (χ4n) is 4.74. The molecule has 1 amide bonds. The minimum absolute atomic E-state index is 0.0387. The first-order valence-electron chi connectivity index (χ1n) is 12.5. The highest BCUT2D eigenvalue weighted by atomic mass is 32.2. The van der Waals surface area contributed by atoms with Crippen molar-refractivity contribution in [2.24, 2.45) is 0 Å². The first kappa shape index (κ1) is 24.6. The summed E-state index contributed by atoms with van der Waals surface area (Å²) in [5.74, 6) is -0.297. The number of thioether (sulfide) groups is 1. The lowest BCUT2D eigenvalue weighted by Crippen LogP contribution is -2.39. The van der Waals surface area contributed by atoms with Crippen LogP contribution in [0.15, 0.2) is 47.6 Å². The lowest BCUT2D eigenvalue weighted by molar-refractivity contribution is -0.120. The number of likely N-dealkylation sites (tertiary alicyclic amines) is 1. The zero-order valence-electron chi connectivity index (χ0n) is 20.7. The average Bonchev–Trinajstić information content (AvgIpc) is 3.17. The molecule has 1 atom stereocenters. The molecule has 0 saturated carbocycles. The van der Waals surface area contributed by atoms with Crippen molar-refractivity contribution >= 4 is 39.7 Å². The number of aryl methyl sites for hydroxylation is 1. The number of benzene rings is 2. The van der Waals surface area contributed by atoms with Gasteiger partial charge in [-0.2, -0.15) is 0 Å². The predicted octanol–water partition coefficient (Wildman–Crippen LogP) is 4.56. The van der Waals surface area contributed by atoms with E-state index in [0.717, 1.165) is 36.1 Å². The molecule has 0 bridgehead atoms. The van der Waals surface area contributed by atoms with Crippen molar-refractivity contribution < 1.29 is 9.18 Å². The van der Waals surface area contributed by atoms with E-state index < -0.39 is 0 Å². The van der Waals surface area contributed by atoms with E-state index in [9.17, 15) is 9.18 Å². The summed E-state index contributed by atoms with van der Waals surface area (Å²) in [6, 6.07) is 12.9. The maximum absolute atomic E-state index is 14.5. The third kappa shape index (κ3) is 5.37. The number of nitrogens with one attached hydrogen (secondary N) is 1. The summed E-state index contributed by atoms with van der Waals surface area (Å²) in [7, 11) is 0. The molecule has 2 aromatic heterocycles. The summed E-state index contributed by atoms with van der Waals surface area (Å²) in [6.07, 6.45) is 3.77. The van der Waals surface area contributed by atoms with Crippen LogP contribution < -0.4 is 5.32 Å². The number of hydrogen-bond acceptors (Lipinski definition) is 6. The second-order valence-corrected chi connectivity index (χ2v) is 10.7. The number of aromatic nitrogens is 4. The Morgan fingerprint density at radius 1 is 1.14 bits per heavy atom. The normalized spacial score (nSPS) is 15.4. The molecule has 1 fully saturated rings. The topological polar surface area (TPSA) is 75.9 Å². The molecule has 188 valence electrons. The number of amides is 1. The Labute approximate surface area is 214 Å². The van der Waals surface area contributed by atoms with E-state index in [2.05, 4.69) is 26.5 Å². The molecular formula is C27H31FN6OS. The molecule has 4 aromatic rings. The molecule has 5 rings (SSSR count). The average molecular weight is 507 g/mol. The van der Waals surface area contributed by atoms with Crippen molar-refractivity contribution in [3.63, 3.8) is 0 Å². The van der Waals surface area contributed by atoms with Gasteiger partial charge in [-0.3, -0.25) is 4.79 Å². The molecule has 7 nitrogen and oxygen atoms in total. The molecule has 1 unspecified atom stereocenters. The van der Waals surface area contributed by atoms with Gasteiger partial charge in [0.1, 0.15) is 11.3 Å². The fourth-order valence-corrected chi connectivity index (χ4v) is 5.47. The number of carbonyl (C=O) groups excluding carboxylic acids is 1. The van der Waals surface area contributed by atoms with Gasteiger partial charge in [0.2, 0.25) is 11.1 Å². The predicted molar refractivity (Wildman–Crippen MR) is 142 cm³/mol. The molecule has 3 heterocycles. The molecular weight excluding hydrogens is 475 g/mol. The number of piperidine rings is 1. The minimum atomic E-state index is -0.364. The van der Waals surface area contributed by atoms with Crippen LogP contribution in [-0.2, 0) is 11.3 Å². The molecule has 1 N–H and O–H groups in total. The standard InChI is InChI=1S/C27H31FN6OS/c1-18-10-11-23-21(16-18)24-25(34(23)17-20-8-4-5-9-22(20)28)30-27(32-31-24)36-19(2)26(35)29-12-15-33-13-6-3-7-14-33/h4-5,8-11,16,19H,3,6-7,12-15,17H2,1-2H3,(H,29,35). The SMILES string of the molecule is Cc1ccc2c(c1)c1nnc(SC(C)C(=O)NCCN3CCCCC3)nc1n2Cc1ccccc1F. The molecule has 1 aliphatic heterocycles. The third-order valence-corrected chi connectivity index (χ3v) is 7.67. The van der Waals surface area contributed by atoms with Crippen LogP contribution in [0.4, 0.5) is 4.39 Å². The molecule has 1 saturated heterocycles. The lowest BCUT2D eigenvalue weighted by Gasteiger charge is -2.26. The number of carbonyl (C=O) groups is 1. The monoisotopic (exact) mass is 506 g/mol. The Balaban J connectivity index is 1.36. The van der Waals surface area contributed by atoms with Crippen molar-refractivity contribution in [3.8, 4) is 0 Å². The van der Waals surface area contributed by atoms with Crippen LogP contribution in [0.2, 0.25) is 0 Å². The highest BCUT2D eigenvalue weighted by Gasteiger charge is 2.20. The van der Waals surface area contributed by atoms with Gasteiger partial charge in [-0.15, -0.1) is 10.2 Å². The van der Waals surface area contributed by atoms with Crippen molar-refractivity contribution in [1.29, 1.82) is 0 Å². The van der Waals surface area contributed by atoms with Gasteiger partial charge in [0.25, 0.3) is 0 Å². The Bertz CT molecular complexity index is 1380. The van der Waals surface area contributed by atoms with Gasteiger partial charge < -0.3 is 14.8 Å². The van der Waals surface area contributed by atoms with Gasteiger partial charge in [0, 0.05) is 24.0 Å².